The van der Waals surface area contributed by atoms with Gasteiger partial charge in [0.05, 0.1) is 19.6 Å². The van der Waals surface area contributed by atoms with E-state index in [0.29, 0.717) is 26.1 Å². The highest BCUT2D eigenvalue weighted by atomic mass is 31.2. The molecule has 0 unspecified atom stereocenters. The molecule has 9 heteroatoms. The van der Waals surface area contributed by atoms with Gasteiger partial charge in [-0.05, 0) is 25.0 Å². The monoisotopic (exact) mass is 326 g/mol. The summed E-state index contributed by atoms with van der Waals surface area (Å²) in [6.45, 7) is 8.30. The van der Waals surface area contributed by atoms with Gasteiger partial charge in [-0.15, -0.1) is 0 Å². The summed E-state index contributed by atoms with van der Waals surface area (Å²) >= 11 is 0. The Kier molecular flexibility index (Phi) is 5.21. The minimum absolute atomic E-state index is 0.156. The van der Waals surface area contributed by atoms with Crippen LogP contribution in [0.15, 0.2) is 25.3 Å². The van der Waals surface area contributed by atoms with Crippen LogP contribution in [0, 0.1) is 0 Å². The van der Waals surface area contributed by atoms with E-state index in [4.69, 9.17) is 0 Å². The number of quaternary nitrogens is 1. The lowest BCUT2D eigenvalue weighted by Gasteiger charge is -2.48. The van der Waals surface area contributed by atoms with Crippen molar-refractivity contribution in [2.24, 2.45) is 0 Å². The molecule has 0 saturated carbocycles. The van der Waals surface area contributed by atoms with Crippen LogP contribution in [0.1, 0.15) is 12.8 Å². The number of hydrogen-bond acceptors (Lipinski definition) is 2. The van der Waals surface area contributed by atoms with Crippen molar-refractivity contribution >= 4 is 15.2 Å². The van der Waals surface area contributed by atoms with Crippen LogP contribution in [-0.4, -0.2) is 55.1 Å². The Morgan fingerprint density at radius 3 is 1.85 bits per heavy atom. The topological polar surface area (TPSA) is 115 Å². The molecule has 4 N–H and O–H groups in total. The second-order valence-corrected chi connectivity index (χ2v) is 9.58. The molecule has 1 fully saturated rings. The summed E-state index contributed by atoms with van der Waals surface area (Å²) < 4.78 is 23.7. The van der Waals surface area contributed by atoms with E-state index < -0.39 is 20.1 Å². The van der Waals surface area contributed by atoms with Crippen LogP contribution in [-0.2, 0) is 9.13 Å². The minimum atomic E-state index is -4.97. The van der Waals surface area contributed by atoms with E-state index in [-0.39, 0.29) is 17.4 Å². The van der Waals surface area contributed by atoms with E-state index >= 15 is 0 Å². The zero-order chi connectivity index (χ0) is 15.7. The van der Waals surface area contributed by atoms with Crippen molar-refractivity contribution in [1.82, 2.24) is 0 Å². The molecule has 0 bridgehead atoms. The molecule has 116 valence electrons. The van der Waals surface area contributed by atoms with Crippen molar-refractivity contribution in [1.29, 1.82) is 0 Å². The molecule has 0 atom stereocenters. The van der Waals surface area contributed by atoms with Crippen molar-refractivity contribution in [3.8, 4) is 0 Å². The molecule has 0 aromatic heterocycles. The fourth-order valence-electron chi connectivity index (χ4n) is 2.97. The van der Waals surface area contributed by atoms with Crippen LogP contribution in [0.2, 0.25) is 0 Å². The fraction of sp³-hybridized carbons (Fsp3) is 0.636. The molecule has 0 aromatic rings. The third kappa shape index (κ3) is 3.15. The van der Waals surface area contributed by atoms with Crippen molar-refractivity contribution in [3.05, 3.63) is 25.3 Å². The first-order valence-electron chi connectivity index (χ1n) is 6.22. The van der Waals surface area contributed by atoms with Gasteiger partial charge in [0.15, 0.2) is 0 Å². The van der Waals surface area contributed by atoms with E-state index in [1.165, 1.54) is 0 Å². The lowest BCUT2D eigenvalue weighted by atomic mass is 10.1. The lowest BCUT2D eigenvalue weighted by molar-refractivity contribution is -0.922. The highest BCUT2D eigenvalue weighted by Gasteiger charge is 2.65. The van der Waals surface area contributed by atoms with Gasteiger partial charge in [-0.3, -0.25) is 9.13 Å². The Balaban J connectivity index is 3.34. The van der Waals surface area contributed by atoms with E-state index in [2.05, 4.69) is 13.2 Å². The summed E-state index contributed by atoms with van der Waals surface area (Å²) in [4.78, 5) is 35.9. The number of likely N-dealkylation sites (tertiary alicyclic amines) is 1. The molecule has 7 nitrogen and oxygen atoms in total. The first-order chi connectivity index (χ1) is 9.04. The second kappa shape index (κ2) is 5.85. The summed E-state index contributed by atoms with van der Waals surface area (Å²) in [6.07, 6.45) is 3.34. The first kappa shape index (κ1) is 17.8. The Morgan fingerprint density at radius 1 is 1.05 bits per heavy atom. The molecule has 20 heavy (non-hydrogen) atoms. The Labute approximate surface area is 118 Å². The molecule has 0 aliphatic carbocycles. The first-order valence-corrected chi connectivity index (χ1v) is 9.44. The highest BCUT2D eigenvalue weighted by molar-refractivity contribution is 7.72. The summed E-state index contributed by atoms with van der Waals surface area (Å²) in [5, 5.41) is 0. The van der Waals surface area contributed by atoms with Crippen molar-refractivity contribution in [2.45, 2.75) is 17.7 Å². The maximum absolute atomic E-state index is 11.8. The predicted molar refractivity (Wildman–Crippen MR) is 76.2 cm³/mol. The zero-order valence-corrected chi connectivity index (χ0v) is 13.0. The number of piperidine rings is 1. The molecular formula is C11H22NO6P2+. The fourth-order valence-corrected chi connectivity index (χ4v) is 6.20. The van der Waals surface area contributed by atoms with Crippen LogP contribution >= 0.6 is 15.2 Å². The Morgan fingerprint density at radius 2 is 1.50 bits per heavy atom. The van der Waals surface area contributed by atoms with E-state index in [1.54, 1.807) is 12.2 Å². The standard InChI is InChI=1S/C11H21NO6P2/c1-3-7-12(8-4-2)9-5-6-11(10-12,19(13,14)15)20(16,17)18/h3-4H,1-2,5-10H2,(H3-,13,14,15,16,17,18)/p+1. The van der Waals surface area contributed by atoms with Crippen LogP contribution < -0.4 is 0 Å². The molecular weight excluding hydrogens is 304 g/mol. The molecule has 1 rings (SSSR count). The third-order valence-electron chi connectivity index (χ3n) is 3.92. The smallest absolute Gasteiger partial charge is 0.323 e. The summed E-state index contributed by atoms with van der Waals surface area (Å²) in [7, 11) is -9.94. The molecule has 0 radical (unpaired) electrons. The van der Waals surface area contributed by atoms with Gasteiger partial charge in [-0.1, -0.05) is 13.2 Å². The summed E-state index contributed by atoms with van der Waals surface area (Å²) in [5.74, 6) is 0. The van der Waals surface area contributed by atoms with Gasteiger partial charge in [0.25, 0.3) is 0 Å². The van der Waals surface area contributed by atoms with Crippen molar-refractivity contribution in [3.63, 3.8) is 0 Å². The largest absolute Gasteiger partial charge is 0.349 e. The SMILES string of the molecule is C=CC[N+]1(CC=C)CCCC(P(=O)(O)O)(P(=O)(O)O)C1. The normalized spacial score (nSPS) is 22.2. The van der Waals surface area contributed by atoms with E-state index in [0.717, 1.165) is 0 Å². The Hall–Kier alpha value is -0.260. The summed E-state index contributed by atoms with van der Waals surface area (Å²) in [6, 6.07) is 0. The van der Waals surface area contributed by atoms with Gasteiger partial charge < -0.3 is 24.1 Å². The average Bonchev–Trinajstić information content (AvgIpc) is 2.26. The predicted octanol–water partition coefficient (Wildman–Crippen LogP) is 1.02. The maximum atomic E-state index is 11.8. The van der Waals surface area contributed by atoms with E-state index in [1.807, 2.05) is 0 Å². The van der Waals surface area contributed by atoms with Gasteiger partial charge in [0, 0.05) is 0 Å². The number of hydrogen-bond donors (Lipinski definition) is 4. The van der Waals surface area contributed by atoms with Gasteiger partial charge in [-0.25, -0.2) is 0 Å². The van der Waals surface area contributed by atoms with Gasteiger partial charge in [-0.2, -0.15) is 0 Å². The van der Waals surface area contributed by atoms with Crippen LogP contribution in [0.25, 0.3) is 0 Å². The quantitative estimate of drug-likeness (QED) is 0.329. The molecule has 0 spiro atoms. The van der Waals surface area contributed by atoms with Crippen LogP contribution in [0.4, 0.5) is 0 Å². The number of nitrogens with zero attached hydrogens (tertiary/aromatic N) is 1. The lowest BCUT2D eigenvalue weighted by Crippen LogP contribution is -2.60. The van der Waals surface area contributed by atoms with Crippen LogP contribution in [0.5, 0.6) is 0 Å². The highest BCUT2D eigenvalue weighted by Crippen LogP contribution is 2.72. The third-order valence-corrected chi connectivity index (χ3v) is 8.38. The number of rotatable bonds is 6. The molecule has 1 aliphatic heterocycles. The average molecular weight is 326 g/mol. The van der Waals surface area contributed by atoms with Crippen molar-refractivity contribution < 1.29 is 33.2 Å². The molecule has 1 saturated heterocycles. The van der Waals surface area contributed by atoms with Gasteiger partial charge >= 0.3 is 15.2 Å². The molecule has 1 aliphatic rings. The van der Waals surface area contributed by atoms with E-state index in [9.17, 15) is 28.7 Å². The second-order valence-electron chi connectivity index (χ2n) is 5.34. The molecule has 0 amide bonds. The summed E-state index contributed by atoms with van der Waals surface area (Å²) in [5.41, 5.74) is 0. The van der Waals surface area contributed by atoms with Crippen molar-refractivity contribution in [2.75, 3.05) is 26.2 Å². The van der Waals surface area contributed by atoms with Gasteiger partial charge in [0.1, 0.15) is 6.54 Å². The van der Waals surface area contributed by atoms with Crippen LogP contribution in [0.3, 0.4) is 0 Å². The Bertz CT molecular complexity index is 447. The molecule has 0 aromatic carbocycles. The maximum Gasteiger partial charge on any atom is 0.349 e. The molecule has 1 heterocycles. The van der Waals surface area contributed by atoms with Gasteiger partial charge in [0.2, 0.25) is 4.90 Å². The zero-order valence-electron chi connectivity index (χ0n) is 11.3. The minimum Gasteiger partial charge on any atom is -0.323 e.